The fraction of sp³-hybridized carbons (Fsp3) is 0.143. The predicted octanol–water partition coefficient (Wildman–Crippen LogP) is 3.11. The van der Waals surface area contributed by atoms with Gasteiger partial charge in [0.1, 0.15) is 0 Å². The molecule has 4 heteroatoms. The van der Waals surface area contributed by atoms with Crippen molar-refractivity contribution >= 4 is 17.6 Å². The van der Waals surface area contributed by atoms with E-state index in [0.717, 1.165) is 11.1 Å². The normalized spacial score (nSPS) is 10.1. The van der Waals surface area contributed by atoms with Crippen LogP contribution in [0, 0.1) is 0 Å². The number of aromatic nitrogens is 1. The van der Waals surface area contributed by atoms with E-state index in [-0.39, 0.29) is 5.97 Å². The number of benzene rings is 1. The summed E-state index contributed by atoms with van der Waals surface area (Å²) in [6, 6.07) is 9.37. The van der Waals surface area contributed by atoms with Gasteiger partial charge >= 0.3 is 5.97 Å². The van der Waals surface area contributed by atoms with Crippen LogP contribution in [0.4, 0.5) is 0 Å². The van der Waals surface area contributed by atoms with Gasteiger partial charge in [-0.1, -0.05) is 23.7 Å². The topological polar surface area (TPSA) is 39.2 Å². The van der Waals surface area contributed by atoms with Crippen molar-refractivity contribution in [2.24, 2.45) is 0 Å². The van der Waals surface area contributed by atoms with Crippen LogP contribution < -0.4 is 0 Å². The number of carbonyl (C=O) groups excluding carboxylic acids is 1. The van der Waals surface area contributed by atoms with Crippen molar-refractivity contribution in [3.63, 3.8) is 0 Å². The van der Waals surface area contributed by atoms with Gasteiger partial charge in [-0.3, -0.25) is 4.98 Å². The SMILES string of the molecule is COC(=O)c1cncc(Cc2ccc(Cl)cc2)c1. The van der Waals surface area contributed by atoms with Gasteiger partial charge in [-0.15, -0.1) is 0 Å². The Bertz CT molecular complexity index is 552. The van der Waals surface area contributed by atoms with Gasteiger partial charge in [-0.25, -0.2) is 4.79 Å². The van der Waals surface area contributed by atoms with Crippen molar-refractivity contribution in [1.82, 2.24) is 4.98 Å². The van der Waals surface area contributed by atoms with Gasteiger partial charge in [0, 0.05) is 17.4 Å². The van der Waals surface area contributed by atoms with E-state index in [1.165, 1.54) is 13.3 Å². The lowest BCUT2D eigenvalue weighted by Crippen LogP contribution is -2.03. The lowest BCUT2D eigenvalue weighted by atomic mass is 10.1. The Morgan fingerprint density at radius 1 is 1.22 bits per heavy atom. The van der Waals surface area contributed by atoms with Crippen LogP contribution in [0.5, 0.6) is 0 Å². The number of nitrogens with zero attached hydrogens (tertiary/aromatic N) is 1. The molecule has 18 heavy (non-hydrogen) atoms. The van der Waals surface area contributed by atoms with E-state index in [9.17, 15) is 4.79 Å². The van der Waals surface area contributed by atoms with E-state index in [0.29, 0.717) is 17.0 Å². The molecule has 2 rings (SSSR count). The van der Waals surface area contributed by atoms with Crippen LogP contribution in [-0.2, 0) is 11.2 Å². The predicted molar refractivity (Wildman–Crippen MR) is 69.8 cm³/mol. The Labute approximate surface area is 110 Å². The van der Waals surface area contributed by atoms with Crippen molar-refractivity contribution in [3.8, 4) is 0 Å². The number of pyridine rings is 1. The molecule has 0 unspecified atom stereocenters. The monoisotopic (exact) mass is 261 g/mol. The molecular weight excluding hydrogens is 250 g/mol. The Hall–Kier alpha value is -1.87. The molecule has 0 spiro atoms. The van der Waals surface area contributed by atoms with Crippen LogP contribution in [-0.4, -0.2) is 18.1 Å². The molecule has 0 aliphatic rings. The van der Waals surface area contributed by atoms with E-state index < -0.39 is 0 Å². The molecule has 0 radical (unpaired) electrons. The number of hydrogen-bond acceptors (Lipinski definition) is 3. The standard InChI is InChI=1S/C14H12ClNO2/c1-18-14(17)12-7-11(8-16-9-12)6-10-2-4-13(15)5-3-10/h2-5,7-9H,6H2,1H3. The van der Waals surface area contributed by atoms with E-state index >= 15 is 0 Å². The minimum Gasteiger partial charge on any atom is -0.465 e. The molecule has 0 saturated heterocycles. The molecule has 1 heterocycles. The highest BCUT2D eigenvalue weighted by Crippen LogP contribution is 2.14. The van der Waals surface area contributed by atoms with E-state index in [2.05, 4.69) is 9.72 Å². The van der Waals surface area contributed by atoms with Crippen molar-refractivity contribution in [1.29, 1.82) is 0 Å². The third kappa shape index (κ3) is 3.08. The quantitative estimate of drug-likeness (QED) is 0.797. The average molecular weight is 262 g/mol. The van der Waals surface area contributed by atoms with Crippen molar-refractivity contribution in [2.45, 2.75) is 6.42 Å². The molecule has 0 fully saturated rings. The third-order valence-electron chi connectivity index (χ3n) is 2.54. The van der Waals surface area contributed by atoms with Gasteiger partial charge < -0.3 is 4.74 Å². The Kier molecular flexibility index (Phi) is 3.95. The zero-order chi connectivity index (χ0) is 13.0. The first-order valence-electron chi connectivity index (χ1n) is 5.46. The molecule has 0 atom stereocenters. The molecule has 1 aromatic heterocycles. The highest BCUT2D eigenvalue weighted by atomic mass is 35.5. The maximum Gasteiger partial charge on any atom is 0.339 e. The largest absolute Gasteiger partial charge is 0.465 e. The smallest absolute Gasteiger partial charge is 0.339 e. The highest BCUT2D eigenvalue weighted by Gasteiger charge is 2.06. The number of methoxy groups -OCH3 is 1. The first-order valence-corrected chi connectivity index (χ1v) is 5.83. The second-order valence-electron chi connectivity index (χ2n) is 3.88. The molecule has 0 bridgehead atoms. The van der Waals surface area contributed by atoms with Gasteiger partial charge in [0.2, 0.25) is 0 Å². The zero-order valence-electron chi connectivity index (χ0n) is 9.89. The van der Waals surface area contributed by atoms with Crippen LogP contribution in [0.15, 0.2) is 42.7 Å². The first-order chi connectivity index (χ1) is 8.69. The van der Waals surface area contributed by atoms with Gasteiger partial charge in [-0.05, 0) is 35.7 Å². The summed E-state index contributed by atoms with van der Waals surface area (Å²) in [7, 11) is 1.36. The number of carbonyl (C=O) groups is 1. The molecule has 0 amide bonds. The van der Waals surface area contributed by atoms with Crippen molar-refractivity contribution in [3.05, 3.63) is 64.4 Å². The zero-order valence-corrected chi connectivity index (χ0v) is 10.6. The number of hydrogen-bond donors (Lipinski definition) is 0. The summed E-state index contributed by atoms with van der Waals surface area (Å²) in [5.74, 6) is -0.375. The first kappa shape index (κ1) is 12.6. The maximum absolute atomic E-state index is 11.4. The minimum atomic E-state index is -0.375. The summed E-state index contributed by atoms with van der Waals surface area (Å²) >= 11 is 5.83. The molecule has 0 aliphatic carbocycles. The van der Waals surface area contributed by atoms with Crippen LogP contribution in [0.1, 0.15) is 21.5 Å². The van der Waals surface area contributed by atoms with Crippen molar-refractivity contribution < 1.29 is 9.53 Å². The third-order valence-corrected chi connectivity index (χ3v) is 2.79. The molecule has 3 nitrogen and oxygen atoms in total. The summed E-state index contributed by atoms with van der Waals surface area (Å²) in [6.45, 7) is 0. The summed E-state index contributed by atoms with van der Waals surface area (Å²) in [5.41, 5.74) is 2.53. The van der Waals surface area contributed by atoms with Gasteiger partial charge in [0.05, 0.1) is 12.7 Å². The van der Waals surface area contributed by atoms with Gasteiger partial charge in [0.25, 0.3) is 0 Å². The highest BCUT2D eigenvalue weighted by molar-refractivity contribution is 6.30. The fourth-order valence-corrected chi connectivity index (χ4v) is 1.78. The average Bonchev–Trinajstić information content (AvgIpc) is 2.41. The summed E-state index contributed by atoms with van der Waals surface area (Å²) in [4.78, 5) is 15.4. The van der Waals surface area contributed by atoms with E-state index in [1.54, 1.807) is 12.3 Å². The Morgan fingerprint density at radius 3 is 2.61 bits per heavy atom. The molecule has 0 aliphatic heterocycles. The number of halogens is 1. The van der Waals surface area contributed by atoms with Gasteiger partial charge in [-0.2, -0.15) is 0 Å². The molecular formula is C14H12ClNO2. The number of rotatable bonds is 3. The minimum absolute atomic E-state index is 0.375. The lowest BCUT2D eigenvalue weighted by molar-refractivity contribution is 0.0600. The van der Waals surface area contributed by atoms with E-state index in [1.807, 2.05) is 24.3 Å². The lowest BCUT2D eigenvalue weighted by Gasteiger charge is -2.04. The van der Waals surface area contributed by atoms with Crippen LogP contribution in [0.3, 0.4) is 0 Å². The van der Waals surface area contributed by atoms with Crippen molar-refractivity contribution in [2.75, 3.05) is 7.11 Å². The summed E-state index contributed by atoms with van der Waals surface area (Å²) < 4.78 is 4.66. The molecule has 0 saturated carbocycles. The van der Waals surface area contributed by atoms with Crippen LogP contribution in [0.25, 0.3) is 0 Å². The Morgan fingerprint density at radius 2 is 1.94 bits per heavy atom. The molecule has 92 valence electrons. The number of esters is 1. The molecule has 2 aromatic rings. The fourth-order valence-electron chi connectivity index (χ4n) is 1.65. The molecule has 0 N–H and O–H groups in total. The van der Waals surface area contributed by atoms with E-state index in [4.69, 9.17) is 11.6 Å². The second kappa shape index (κ2) is 5.65. The summed E-state index contributed by atoms with van der Waals surface area (Å²) in [5, 5.41) is 0.709. The van der Waals surface area contributed by atoms with Crippen LogP contribution >= 0.6 is 11.6 Å². The Balaban J connectivity index is 2.19. The maximum atomic E-state index is 11.4. The number of ether oxygens (including phenoxy) is 1. The molecule has 1 aromatic carbocycles. The van der Waals surface area contributed by atoms with Gasteiger partial charge in [0.15, 0.2) is 0 Å². The van der Waals surface area contributed by atoms with Crippen LogP contribution in [0.2, 0.25) is 5.02 Å². The summed E-state index contributed by atoms with van der Waals surface area (Å²) in [6.07, 6.45) is 3.94. The second-order valence-corrected chi connectivity index (χ2v) is 4.31.